The molecule has 0 fully saturated rings. The van der Waals surface area contributed by atoms with Gasteiger partial charge in [0.25, 0.3) is 0 Å². The van der Waals surface area contributed by atoms with Crippen molar-refractivity contribution in [3.63, 3.8) is 0 Å². The Labute approximate surface area is 106 Å². The van der Waals surface area contributed by atoms with Crippen LogP contribution < -0.4 is 0 Å². The molecule has 0 amide bonds. The van der Waals surface area contributed by atoms with Gasteiger partial charge in [0.2, 0.25) is 5.76 Å². The number of hydrogen-bond acceptors (Lipinski definition) is 4. The SMILES string of the molecule is O=C(OCCCn1cccn1)c1occc1Br. The molecule has 0 unspecified atom stereocenters. The maximum Gasteiger partial charge on any atom is 0.375 e. The molecular formula is C11H11BrN2O3. The Morgan fingerprint density at radius 1 is 1.59 bits per heavy atom. The lowest BCUT2D eigenvalue weighted by atomic mass is 10.4. The van der Waals surface area contributed by atoms with E-state index in [4.69, 9.17) is 9.15 Å². The quantitative estimate of drug-likeness (QED) is 0.628. The summed E-state index contributed by atoms with van der Waals surface area (Å²) < 4.78 is 12.4. The highest BCUT2D eigenvalue weighted by molar-refractivity contribution is 9.10. The molecule has 0 bridgehead atoms. The van der Waals surface area contributed by atoms with Crippen LogP contribution in [0.3, 0.4) is 0 Å². The van der Waals surface area contributed by atoms with Gasteiger partial charge in [-0.1, -0.05) is 0 Å². The number of aromatic nitrogens is 2. The van der Waals surface area contributed by atoms with Gasteiger partial charge in [-0.15, -0.1) is 0 Å². The zero-order chi connectivity index (χ0) is 12.1. The van der Waals surface area contributed by atoms with Crippen molar-refractivity contribution < 1.29 is 13.9 Å². The van der Waals surface area contributed by atoms with Gasteiger partial charge in [0, 0.05) is 25.4 Å². The molecule has 2 aromatic heterocycles. The molecule has 0 atom stereocenters. The molecular weight excluding hydrogens is 288 g/mol. The first kappa shape index (κ1) is 11.9. The summed E-state index contributed by atoms with van der Waals surface area (Å²) in [5, 5.41) is 4.05. The van der Waals surface area contributed by atoms with Crippen molar-refractivity contribution in [3.8, 4) is 0 Å². The first-order chi connectivity index (χ1) is 8.27. The molecule has 0 saturated carbocycles. The maximum absolute atomic E-state index is 11.5. The van der Waals surface area contributed by atoms with E-state index >= 15 is 0 Å². The van der Waals surface area contributed by atoms with Crippen molar-refractivity contribution in [2.45, 2.75) is 13.0 Å². The first-order valence-corrected chi connectivity index (χ1v) is 5.94. The van der Waals surface area contributed by atoms with E-state index in [-0.39, 0.29) is 5.76 Å². The molecule has 6 heteroatoms. The van der Waals surface area contributed by atoms with Crippen molar-refractivity contribution in [1.29, 1.82) is 0 Å². The largest absolute Gasteiger partial charge is 0.460 e. The molecule has 2 rings (SSSR count). The Hall–Kier alpha value is -1.56. The average molecular weight is 299 g/mol. The number of carbonyl (C=O) groups excluding carboxylic acids is 1. The number of carbonyl (C=O) groups is 1. The predicted molar refractivity (Wildman–Crippen MR) is 63.5 cm³/mol. The van der Waals surface area contributed by atoms with E-state index in [1.165, 1.54) is 6.26 Å². The standard InChI is InChI=1S/C11H11BrN2O3/c12-9-3-8-16-10(9)11(15)17-7-2-6-14-5-1-4-13-14/h1,3-5,8H,2,6-7H2. The van der Waals surface area contributed by atoms with Crippen molar-refractivity contribution in [2.24, 2.45) is 0 Å². The summed E-state index contributed by atoms with van der Waals surface area (Å²) in [7, 11) is 0. The number of rotatable bonds is 5. The fourth-order valence-electron chi connectivity index (χ4n) is 1.33. The first-order valence-electron chi connectivity index (χ1n) is 5.15. The van der Waals surface area contributed by atoms with E-state index < -0.39 is 5.97 Å². The monoisotopic (exact) mass is 298 g/mol. The van der Waals surface area contributed by atoms with Gasteiger partial charge in [0.05, 0.1) is 17.3 Å². The van der Waals surface area contributed by atoms with Crippen molar-refractivity contribution in [2.75, 3.05) is 6.61 Å². The second-order valence-electron chi connectivity index (χ2n) is 3.36. The minimum atomic E-state index is -0.456. The molecule has 0 aliphatic heterocycles. The summed E-state index contributed by atoms with van der Waals surface area (Å²) in [5.74, 6) is -0.258. The molecule has 17 heavy (non-hydrogen) atoms. The third-order valence-electron chi connectivity index (χ3n) is 2.13. The van der Waals surface area contributed by atoms with Gasteiger partial charge in [0.15, 0.2) is 0 Å². The second kappa shape index (κ2) is 5.67. The number of hydrogen-bond donors (Lipinski definition) is 0. The maximum atomic E-state index is 11.5. The van der Waals surface area contributed by atoms with Crippen LogP contribution in [0.4, 0.5) is 0 Å². The minimum Gasteiger partial charge on any atom is -0.460 e. The third-order valence-corrected chi connectivity index (χ3v) is 2.75. The number of furan rings is 1. The summed E-state index contributed by atoms with van der Waals surface area (Å²) in [6, 6.07) is 3.51. The van der Waals surface area contributed by atoms with Crippen molar-refractivity contribution >= 4 is 21.9 Å². The molecule has 0 aromatic carbocycles. The molecule has 0 spiro atoms. The third kappa shape index (κ3) is 3.20. The zero-order valence-electron chi connectivity index (χ0n) is 9.01. The number of aryl methyl sites for hydroxylation is 1. The Balaban J connectivity index is 1.72. The van der Waals surface area contributed by atoms with Crippen LogP contribution in [0.2, 0.25) is 0 Å². The summed E-state index contributed by atoms with van der Waals surface area (Å²) >= 11 is 3.20. The van der Waals surface area contributed by atoms with E-state index in [9.17, 15) is 4.79 Å². The summed E-state index contributed by atoms with van der Waals surface area (Å²) in [6.45, 7) is 1.06. The van der Waals surface area contributed by atoms with E-state index in [1.807, 2.05) is 12.3 Å². The number of ether oxygens (including phenoxy) is 1. The van der Waals surface area contributed by atoms with Gasteiger partial charge in [-0.2, -0.15) is 5.10 Å². The Morgan fingerprint density at radius 2 is 2.47 bits per heavy atom. The van der Waals surface area contributed by atoms with Crippen LogP contribution in [0.1, 0.15) is 17.0 Å². The molecule has 0 aliphatic rings. The highest BCUT2D eigenvalue weighted by Gasteiger charge is 2.14. The van der Waals surface area contributed by atoms with Gasteiger partial charge in [-0.3, -0.25) is 4.68 Å². The van der Waals surface area contributed by atoms with Gasteiger partial charge in [0.1, 0.15) is 0 Å². The lowest BCUT2D eigenvalue weighted by Crippen LogP contribution is -2.08. The Bertz CT molecular complexity index is 479. The van der Waals surface area contributed by atoms with E-state index in [0.29, 0.717) is 17.5 Å². The predicted octanol–water partition coefficient (Wildman–Crippen LogP) is 2.49. The summed E-state index contributed by atoms with van der Waals surface area (Å²) in [5.41, 5.74) is 0. The normalized spacial score (nSPS) is 10.4. The number of halogens is 1. The zero-order valence-corrected chi connectivity index (χ0v) is 10.6. The second-order valence-corrected chi connectivity index (χ2v) is 4.21. The lowest BCUT2D eigenvalue weighted by Gasteiger charge is -2.03. The molecule has 90 valence electrons. The fraction of sp³-hybridized carbons (Fsp3) is 0.273. The van der Waals surface area contributed by atoms with Crippen LogP contribution in [0.5, 0.6) is 0 Å². The Morgan fingerprint density at radius 3 is 3.12 bits per heavy atom. The summed E-state index contributed by atoms with van der Waals surface area (Å²) in [4.78, 5) is 11.5. The smallest absolute Gasteiger partial charge is 0.375 e. The number of esters is 1. The molecule has 2 aromatic rings. The van der Waals surface area contributed by atoms with E-state index in [0.717, 1.165) is 6.54 Å². The molecule has 2 heterocycles. The molecule has 0 saturated heterocycles. The van der Waals surface area contributed by atoms with Crippen LogP contribution in [0.15, 0.2) is 39.7 Å². The van der Waals surface area contributed by atoms with Gasteiger partial charge >= 0.3 is 5.97 Å². The van der Waals surface area contributed by atoms with E-state index in [1.54, 1.807) is 16.9 Å². The van der Waals surface area contributed by atoms with Crippen molar-refractivity contribution in [3.05, 3.63) is 41.0 Å². The van der Waals surface area contributed by atoms with Crippen LogP contribution >= 0.6 is 15.9 Å². The fourth-order valence-corrected chi connectivity index (χ4v) is 1.69. The molecule has 0 radical (unpaired) electrons. The lowest BCUT2D eigenvalue weighted by molar-refractivity contribution is 0.0457. The molecule has 0 N–H and O–H groups in total. The highest BCUT2D eigenvalue weighted by Crippen LogP contribution is 2.18. The summed E-state index contributed by atoms with van der Waals surface area (Å²) in [6.07, 6.45) is 5.73. The van der Waals surface area contributed by atoms with Crippen LogP contribution in [-0.4, -0.2) is 22.4 Å². The highest BCUT2D eigenvalue weighted by atomic mass is 79.9. The minimum absolute atomic E-state index is 0.198. The van der Waals surface area contributed by atoms with Crippen molar-refractivity contribution in [1.82, 2.24) is 9.78 Å². The number of nitrogens with zero attached hydrogens (tertiary/aromatic N) is 2. The van der Waals surface area contributed by atoms with Gasteiger partial charge in [-0.05, 0) is 28.1 Å². The Kier molecular flexibility index (Phi) is 3.98. The van der Waals surface area contributed by atoms with Gasteiger partial charge < -0.3 is 9.15 Å². The molecule has 5 nitrogen and oxygen atoms in total. The average Bonchev–Trinajstić information content (AvgIpc) is 2.95. The topological polar surface area (TPSA) is 57.3 Å². The van der Waals surface area contributed by atoms with Gasteiger partial charge in [-0.25, -0.2) is 4.79 Å². The van der Waals surface area contributed by atoms with Crippen LogP contribution in [0, 0.1) is 0 Å². The van der Waals surface area contributed by atoms with Crippen LogP contribution in [-0.2, 0) is 11.3 Å². The molecule has 0 aliphatic carbocycles. The van der Waals surface area contributed by atoms with Crippen LogP contribution in [0.25, 0.3) is 0 Å². The van der Waals surface area contributed by atoms with E-state index in [2.05, 4.69) is 21.0 Å².